The van der Waals surface area contributed by atoms with Crippen LogP contribution in [0.1, 0.15) is 0 Å². The average molecular weight is 435 g/mol. The Kier molecular flexibility index (Phi) is 4.82. The van der Waals surface area contributed by atoms with Gasteiger partial charge in [0.2, 0.25) is 5.89 Å². The van der Waals surface area contributed by atoms with E-state index >= 15 is 0 Å². The number of para-hydroxylation sites is 2. The topological polar surface area (TPSA) is 94.3 Å². The van der Waals surface area contributed by atoms with E-state index in [4.69, 9.17) is 4.42 Å². The molecular formula is C19H12F3N3O4S. The number of sulfonamides is 1. The van der Waals surface area contributed by atoms with Crippen LogP contribution in [0.2, 0.25) is 0 Å². The molecule has 0 aliphatic heterocycles. The Hall–Kier alpha value is -3.60. The van der Waals surface area contributed by atoms with E-state index in [0.717, 1.165) is 12.1 Å². The number of alkyl halides is 3. The third-order valence-corrected chi connectivity index (χ3v) is 5.34. The predicted octanol–water partition coefficient (Wildman–Crippen LogP) is 4.59. The highest BCUT2D eigenvalue weighted by atomic mass is 32.2. The number of hydrogen-bond acceptors (Lipinski definition) is 6. The molecule has 0 amide bonds. The average Bonchev–Trinajstić information content (AvgIpc) is 3.11. The van der Waals surface area contributed by atoms with Gasteiger partial charge in [-0.05, 0) is 36.4 Å². The lowest BCUT2D eigenvalue weighted by Gasteiger charge is -2.15. The van der Waals surface area contributed by atoms with Gasteiger partial charge in [0.15, 0.2) is 11.2 Å². The van der Waals surface area contributed by atoms with E-state index in [1.165, 1.54) is 24.4 Å². The molecule has 0 radical (unpaired) electrons. The normalized spacial score (nSPS) is 12.1. The zero-order chi connectivity index (χ0) is 21.4. The van der Waals surface area contributed by atoms with E-state index in [-0.39, 0.29) is 17.1 Å². The summed E-state index contributed by atoms with van der Waals surface area (Å²) in [6, 6.07) is 13.9. The maximum atomic E-state index is 12.8. The molecule has 0 bridgehead atoms. The predicted molar refractivity (Wildman–Crippen MR) is 101 cm³/mol. The molecule has 0 unspecified atom stereocenters. The molecular weight excluding hydrogens is 423 g/mol. The Balaban J connectivity index is 1.74. The van der Waals surface area contributed by atoms with Gasteiger partial charge in [0.25, 0.3) is 10.0 Å². The standard InChI is InChI=1S/C19H12F3N3O4S/c20-19(21,22)29-14-8-3-4-10-16(14)30(26,27)25-13-7-2-1-6-12(13)18-24-17-15(28-18)9-5-11-23-17/h1-11,25H. The van der Waals surface area contributed by atoms with Crippen LogP contribution in [0, 0.1) is 0 Å². The van der Waals surface area contributed by atoms with Crippen LogP contribution in [0.15, 0.2) is 76.2 Å². The summed E-state index contributed by atoms with van der Waals surface area (Å²) in [5, 5.41) is 0. The molecule has 0 fully saturated rings. The molecule has 4 rings (SSSR count). The highest BCUT2D eigenvalue weighted by Crippen LogP contribution is 2.34. The van der Waals surface area contributed by atoms with Crippen molar-refractivity contribution in [2.45, 2.75) is 11.3 Å². The van der Waals surface area contributed by atoms with Crippen LogP contribution in [-0.2, 0) is 10.0 Å². The van der Waals surface area contributed by atoms with E-state index in [1.807, 2.05) is 0 Å². The lowest BCUT2D eigenvalue weighted by atomic mass is 10.2. The molecule has 0 aliphatic rings. The van der Waals surface area contributed by atoms with E-state index in [1.54, 1.807) is 30.3 Å². The molecule has 0 aliphatic carbocycles. The first-order valence-corrected chi connectivity index (χ1v) is 9.90. The Morgan fingerprint density at radius 1 is 0.967 bits per heavy atom. The van der Waals surface area contributed by atoms with Crippen molar-refractivity contribution in [1.82, 2.24) is 9.97 Å². The van der Waals surface area contributed by atoms with Crippen molar-refractivity contribution in [2.24, 2.45) is 0 Å². The highest BCUT2D eigenvalue weighted by molar-refractivity contribution is 7.92. The summed E-state index contributed by atoms with van der Waals surface area (Å²) in [4.78, 5) is 7.61. The van der Waals surface area contributed by atoms with Gasteiger partial charge in [-0.2, -0.15) is 4.98 Å². The molecule has 0 atom stereocenters. The fourth-order valence-electron chi connectivity index (χ4n) is 2.72. The van der Waals surface area contributed by atoms with E-state index < -0.39 is 27.0 Å². The van der Waals surface area contributed by atoms with Crippen LogP contribution >= 0.6 is 0 Å². The number of fused-ring (bicyclic) bond motifs is 1. The second-order valence-corrected chi connectivity index (χ2v) is 7.64. The largest absolute Gasteiger partial charge is 0.573 e. The number of anilines is 1. The molecule has 11 heteroatoms. The van der Waals surface area contributed by atoms with Gasteiger partial charge in [-0.15, -0.1) is 13.2 Å². The molecule has 2 aromatic carbocycles. The SMILES string of the molecule is O=S(=O)(Nc1ccccc1-c1nc2ncccc2o1)c1ccccc1OC(F)(F)F. The van der Waals surface area contributed by atoms with Crippen molar-refractivity contribution >= 4 is 26.9 Å². The lowest BCUT2D eigenvalue weighted by Crippen LogP contribution is -2.21. The van der Waals surface area contributed by atoms with Gasteiger partial charge in [0.1, 0.15) is 10.6 Å². The number of oxazole rings is 1. The van der Waals surface area contributed by atoms with Gasteiger partial charge < -0.3 is 9.15 Å². The number of nitrogens with zero attached hydrogens (tertiary/aromatic N) is 2. The summed E-state index contributed by atoms with van der Waals surface area (Å²) in [5.74, 6) is -0.747. The van der Waals surface area contributed by atoms with Crippen molar-refractivity contribution < 1.29 is 30.7 Å². The van der Waals surface area contributed by atoms with Gasteiger partial charge in [-0.25, -0.2) is 13.4 Å². The maximum absolute atomic E-state index is 12.8. The van der Waals surface area contributed by atoms with E-state index in [2.05, 4.69) is 19.4 Å². The Labute approximate surface area is 168 Å². The van der Waals surface area contributed by atoms with Gasteiger partial charge >= 0.3 is 6.36 Å². The summed E-state index contributed by atoms with van der Waals surface area (Å²) in [7, 11) is -4.44. The summed E-state index contributed by atoms with van der Waals surface area (Å²) >= 11 is 0. The minimum absolute atomic E-state index is 0.0610. The lowest BCUT2D eigenvalue weighted by molar-refractivity contribution is -0.275. The van der Waals surface area contributed by atoms with Crippen LogP contribution in [0.4, 0.5) is 18.9 Å². The Bertz CT molecular complexity index is 1290. The third-order valence-electron chi connectivity index (χ3n) is 3.93. The molecule has 154 valence electrons. The number of halogens is 3. The molecule has 7 nitrogen and oxygen atoms in total. The van der Waals surface area contributed by atoms with Crippen molar-refractivity contribution in [3.05, 3.63) is 66.9 Å². The first-order valence-electron chi connectivity index (χ1n) is 8.41. The summed E-state index contributed by atoms with van der Waals surface area (Å²) in [5.41, 5.74) is 1.07. The first kappa shape index (κ1) is 19.7. The molecule has 0 saturated carbocycles. The number of ether oxygens (including phenoxy) is 1. The Morgan fingerprint density at radius 3 is 2.47 bits per heavy atom. The minimum atomic E-state index is -5.05. The van der Waals surface area contributed by atoms with Crippen molar-refractivity contribution in [2.75, 3.05) is 4.72 Å². The summed E-state index contributed by atoms with van der Waals surface area (Å²) in [6.45, 7) is 0. The second-order valence-electron chi connectivity index (χ2n) is 5.99. The quantitative estimate of drug-likeness (QED) is 0.493. The minimum Gasteiger partial charge on any atom is -0.434 e. The molecule has 2 heterocycles. The van der Waals surface area contributed by atoms with Crippen LogP contribution in [-0.4, -0.2) is 24.7 Å². The zero-order valence-electron chi connectivity index (χ0n) is 14.9. The van der Waals surface area contributed by atoms with Crippen LogP contribution in [0.5, 0.6) is 5.75 Å². The van der Waals surface area contributed by atoms with Crippen LogP contribution < -0.4 is 9.46 Å². The maximum Gasteiger partial charge on any atom is 0.573 e. The molecule has 1 N–H and O–H groups in total. The third kappa shape index (κ3) is 4.06. The van der Waals surface area contributed by atoms with E-state index in [9.17, 15) is 21.6 Å². The summed E-state index contributed by atoms with van der Waals surface area (Å²) in [6.07, 6.45) is -3.52. The van der Waals surface area contributed by atoms with Gasteiger partial charge in [-0.3, -0.25) is 4.72 Å². The van der Waals surface area contributed by atoms with Crippen molar-refractivity contribution in [3.8, 4) is 17.2 Å². The van der Waals surface area contributed by atoms with Gasteiger partial charge in [-0.1, -0.05) is 24.3 Å². The van der Waals surface area contributed by atoms with Crippen molar-refractivity contribution in [1.29, 1.82) is 0 Å². The number of benzene rings is 2. The monoisotopic (exact) mass is 435 g/mol. The number of aromatic nitrogens is 2. The molecule has 4 aromatic rings. The molecule has 30 heavy (non-hydrogen) atoms. The first-order chi connectivity index (χ1) is 14.2. The molecule has 0 spiro atoms. The summed E-state index contributed by atoms with van der Waals surface area (Å²) < 4.78 is 75.4. The number of rotatable bonds is 5. The number of pyridine rings is 1. The smallest absolute Gasteiger partial charge is 0.434 e. The fourth-order valence-corrected chi connectivity index (χ4v) is 3.93. The van der Waals surface area contributed by atoms with Crippen LogP contribution in [0.25, 0.3) is 22.7 Å². The highest BCUT2D eigenvalue weighted by Gasteiger charge is 2.34. The number of hydrogen-bond donors (Lipinski definition) is 1. The van der Waals surface area contributed by atoms with E-state index in [0.29, 0.717) is 11.2 Å². The van der Waals surface area contributed by atoms with Crippen LogP contribution in [0.3, 0.4) is 0 Å². The fraction of sp³-hybridized carbons (Fsp3) is 0.0526. The zero-order valence-corrected chi connectivity index (χ0v) is 15.7. The molecule has 0 saturated heterocycles. The van der Waals surface area contributed by atoms with Gasteiger partial charge in [0, 0.05) is 6.20 Å². The van der Waals surface area contributed by atoms with Gasteiger partial charge in [0.05, 0.1) is 11.3 Å². The second kappa shape index (κ2) is 7.34. The Morgan fingerprint density at radius 2 is 1.70 bits per heavy atom. The number of nitrogens with one attached hydrogen (secondary N) is 1. The molecule has 2 aromatic heterocycles. The van der Waals surface area contributed by atoms with Crippen molar-refractivity contribution in [3.63, 3.8) is 0 Å².